The number of unbranched alkanes of at least 4 members (excludes halogenated alkanes) is 1. The van der Waals surface area contributed by atoms with Gasteiger partial charge in [-0.3, -0.25) is 10.1 Å². The molecule has 1 aromatic carbocycles. The lowest BCUT2D eigenvalue weighted by Crippen LogP contribution is -2.30. The summed E-state index contributed by atoms with van der Waals surface area (Å²) in [6.45, 7) is 4.31. The third kappa shape index (κ3) is 5.60. The first-order valence-corrected chi connectivity index (χ1v) is 11.5. The van der Waals surface area contributed by atoms with E-state index in [1.54, 1.807) is 12.1 Å². The molecule has 172 valence electrons. The number of fused-ring (bicyclic) bond motifs is 1. The number of primary amides is 1. The predicted molar refractivity (Wildman–Crippen MR) is 119 cm³/mol. The van der Waals surface area contributed by atoms with Gasteiger partial charge in [0.05, 0.1) is 0 Å². The van der Waals surface area contributed by atoms with Crippen LogP contribution in [0.5, 0.6) is 17.4 Å². The number of rotatable bonds is 10. The molecule has 0 unspecified atom stereocenters. The predicted octanol–water partition coefficient (Wildman–Crippen LogP) is 2.55. The molecule has 11 heteroatoms. The zero-order valence-corrected chi connectivity index (χ0v) is 18.5. The van der Waals surface area contributed by atoms with Crippen molar-refractivity contribution in [2.45, 2.75) is 32.3 Å². The molecule has 10 nitrogen and oxygen atoms in total. The maximum absolute atomic E-state index is 12.2. The summed E-state index contributed by atoms with van der Waals surface area (Å²) in [6.07, 6.45) is 4.48. The van der Waals surface area contributed by atoms with Gasteiger partial charge in [-0.15, -0.1) is 0 Å². The molecular formula is C21H27N5O5S. The summed E-state index contributed by atoms with van der Waals surface area (Å²) in [7, 11) is 0. The minimum Gasteiger partial charge on any atom is -0.472 e. The van der Waals surface area contributed by atoms with Crippen molar-refractivity contribution in [2.24, 2.45) is 5.73 Å². The Morgan fingerprint density at radius 2 is 2.00 bits per heavy atom. The van der Waals surface area contributed by atoms with Gasteiger partial charge in [-0.25, -0.2) is 4.79 Å². The van der Waals surface area contributed by atoms with Crippen LogP contribution in [0.25, 0.3) is 0 Å². The summed E-state index contributed by atoms with van der Waals surface area (Å²) in [5.74, 6) is 0.675. The number of carbonyl (C=O) groups excluding carboxylic acids is 2. The molecule has 0 saturated carbocycles. The highest BCUT2D eigenvalue weighted by molar-refractivity contribution is 7.11. The summed E-state index contributed by atoms with van der Waals surface area (Å²) in [4.78, 5) is 26.6. The van der Waals surface area contributed by atoms with E-state index in [2.05, 4.69) is 19.9 Å². The molecule has 32 heavy (non-hydrogen) atoms. The number of anilines is 1. The van der Waals surface area contributed by atoms with E-state index < -0.39 is 11.9 Å². The van der Waals surface area contributed by atoms with Gasteiger partial charge in [-0.2, -0.15) is 4.37 Å². The van der Waals surface area contributed by atoms with Crippen LogP contribution in [0, 0.1) is 0 Å². The molecule has 3 amide bonds. The fourth-order valence-corrected chi connectivity index (χ4v) is 4.41. The fourth-order valence-electron chi connectivity index (χ4n) is 3.67. The molecule has 2 aliphatic rings. The second-order valence-electron chi connectivity index (χ2n) is 7.67. The van der Waals surface area contributed by atoms with Crippen LogP contribution in [0.2, 0.25) is 0 Å². The molecular weight excluding hydrogens is 434 g/mol. The molecule has 0 bridgehead atoms. The average molecular weight is 462 g/mol. The summed E-state index contributed by atoms with van der Waals surface area (Å²) in [5, 5.41) is 5.72. The summed E-state index contributed by atoms with van der Waals surface area (Å²) in [5.41, 5.74) is 6.39. The van der Waals surface area contributed by atoms with Crippen molar-refractivity contribution in [3.63, 3.8) is 0 Å². The molecule has 2 aliphatic heterocycles. The number of carbonyl (C=O) groups is 2. The lowest BCUT2D eigenvalue weighted by molar-refractivity contribution is 0.0996. The average Bonchev–Trinajstić information content (AvgIpc) is 3.52. The second kappa shape index (κ2) is 10.5. The lowest BCUT2D eigenvalue weighted by atomic mass is 10.2. The minimum absolute atomic E-state index is 0.0555. The molecule has 4 N–H and O–H groups in total. The fraction of sp³-hybridized carbons (Fsp3) is 0.476. The minimum atomic E-state index is -0.722. The summed E-state index contributed by atoms with van der Waals surface area (Å²) < 4.78 is 20.5. The molecule has 1 fully saturated rings. The van der Waals surface area contributed by atoms with Crippen LogP contribution in [0.4, 0.5) is 9.80 Å². The molecule has 3 heterocycles. The van der Waals surface area contributed by atoms with Gasteiger partial charge in [0, 0.05) is 6.54 Å². The summed E-state index contributed by atoms with van der Waals surface area (Å²) >= 11 is 0.949. The van der Waals surface area contributed by atoms with Crippen molar-refractivity contribution in [3.8, 4) is 17.4 Å². The van der Waals surface area contributed by atoms with Crippen LogP contribution >= 0.6 is 11.5 Å². The number of ether oxygens (including phenoxy) is 3. The number of aromatic nitrogens is 1. The maximum Gasteiger partial charge on any atom is 0.319 e. The van der Waals surface area contributed by atoms with Gasteiger partial charge in [0.2, 0.25) is 12.7 Å². The van der Waals surface area contributed by atoms with Crippen molar-refractivity contribution in [2.75, 3.05) is 38.3 Å². The van der Waals surface area contributed by atoms with Gasteiger partial charge in [-0.1, -0.05) is 6.07 Å². The first-order valence-electron chi connectivity index (χ1n) is 10.7. The Labute approximate surface area is 190 Å². The van der Waals surface area contributed by atoms with E-state index in [-0.39, 0.29) is 29.8 Å². The van der Waals surface area contributed by atoms with E-state index >= 15 is 0 Å². The van der Waals surface area contributed by atoms with Gasteiger partial charge < -0.3 is 30.2 Å². The Bertz CT molecular complexity index is 960. The Balaban J connectivity index is 1.26. The third-order valence-corrected chi connectivity index (χ3v) is 6.08. The normalized spacial score (nSPS) is 15.0. The molecule has 0 atom stereocenters. The first-order chi connectivity index (χ1) is 15.6. The first kappa shape index (κ1) is 22.2. The van der Waals surface area contributed by atoms with Gasteiger partial charge in [0.1, 0.15) is 17.2 Å². The number of hydrogen-bond acceptors (Lipinski definition) is 8. The summed E-state index contributed by atoms with van der Waals surface area (Å²) in [6, 6.07) is 5.02. The van der Waals surface area contributed by atoms with E-state index in [4.69, 9.17) is 19.9 Å². The largest absolute Gasteiger partial charge is 0.472 e. The lowest BCUT2D eigenvalue weighted by Gasteiger charge is -2.14. The second-order valence-corrected chi connectivity index (χ2v) is 8.44. The number of amides is 3. The zero-order chi connectivity index (χ0) is 22.3. The van der Waals surface area contributed by atoms with E-state index in [9.17, 15) is 9.59 Å². The van der Waals surface area contributed by atoms with E-state index in [1.165, 1.54) is 25.9 Å². The van der Waals surface area contributed by atoms with Gasteiger partial charge in [0.15, 0.2) is 11.5 Å². The number of nitrogens with two attached hydrogens (primary N) is 1. The van der Waals surface area contributed by atoms with Crippen LogP contribution in [0.1, 0.15) is 41.6 Å². The molecule has 0 radical (unpaired) electrons. The quantitative estimate of drug-likeness (QED) is 0.464. The highest BCUT2D eigenvalue weighted by Gasteiger charge is 2.22. The highest BCUT2D eigenvalue weighted by atomic mass is 32.1. The van der Waals surface area contributed by atoms with E-state index in [0.29, 0.717) is 18.0 Å². The smallest absolute Gasteiger partial charge is 0.319 e. The molecule has 2 aromatic rings. The van der Waals surface area contributed by atoms with E-state index in [1.807, 2.05) is 6.07 Å². The van der Waals surface area contributed by atoms with Crippen LogP contribution in [0.15, 0.2) is 18.2 Å². The van der Waals surface area contributed by atoms with Crippen molar-refractivity contribution in [1.29, 1.82) is 0 Å². The number of benzene rings is 1. The van der Waals surface area contributed by atoms with Crippen molar-refractivity contribution >= 4 is 28.5 Å². The van der Waals surface area contributed by atoms with E-state index in [0.717, 1.165) is 36.5 Å². The molecule has 4 rings (SSSR count). The number of nitrogens with zero attached hydrogens (tertiary/aromatic N) is 2. The Morgan fingerprint density at radius 3 is 2.81 bits per heavy atom. The van der Waals surface area contributed by atoms with Crippen LogP contribution in [-0.2, 0) is 6.61 Å². The number of likely N-dealkylation sites (tertiary alicyclic amines) is 1. The third-order valence-electron chi connectivity index (χ3n) is 5.33. The molecule has 1 saturated heterocycles. The number of urea groups is 1. The van der Waals surface area contributed by atoms with Crippen molar-refractivity contribution in [3.05, 3.63) is 29.3 Å². The molecule has 0 spiro atoms. The van der Waals surface area contributed by atoms with Gasteiger partial charge in [0.25, 0.3) is 5.91 Å². The standard InChI is InChI=1S/C21H27N5O5S/c22-18(27)17-19(29-12-14-5-6-15-16(11-14)31-13-30-15)25-32-20(17)24-21(28)23-7-1-2-8-26-9-3-4-10-26/h5-6,11H,1-4,7-10,12-13H2,(H2,22,27)(H2,23,24,28). The van der Waals surface area contributed by atoms with Crippen molar-refractivity contribution in [1.82, 2.24) is 14.6 Å². The Morgan fingerprint density at radius 1 is 1.19 bits per heavy atom. The highest BCUT2D eigenvalue weighted by Crippen LogP contribution is 2.34. The SMILES string of the molecule is NC(=O)c1c(OCc2ccc3c(c2)OCO3)nsc1NC(=O)NCCCCN1CCCC1. The molecule has 1 aromatic heterocycles. The Kier molecular flexibility index (Phi) is 7.28. The van der Waals surface area contributed by atoms with Crippen LogP contribution < -0.4 is 30.6 Å². The van der Waals surface area contributed by atoms with Gasteiger partial charge >= 0.3 is 6.03 Å². The Hall–Kier alpha value is -3.05. The molecule has 0 aliphatic carbocycles. The monoisotopic (exact) mass is 461 g/mol. The zero-order valence-electron chi connectivity index (χ0n) is 17.7. The van der Waals surface area contributed by atoms with Crippen LogP contribution in [-0.4, -0.2) is 54.2 Å². The number of nitrogens with one attached hydrogen (secondary N) is 2. The maximum atomic E-state index is 12.2. The van der Waals surface area contributed by atoms with Crippen LogP contribution in [0.3, 0.4) is 0 Å². The van der Waals surface area contributed by atoms with Crippen molar-refractivity contribution < 1.29 is 23.8 Å². The van der Waals surface area contributed by atoms with Gasteiger partial charge in [-0.05, 0) is 74.5 Å². The number of hydrogen-bond donors (Lipinski definition) is 3. The topological polar surface area (TPSA) is 128 Å².